The summed E-state index contributed by atoms with van der Waals surface area (Å²) in [6.45, 7) is 19.2. The SMILES string of the molecule is CC(C)(C)OC(=O)N1CCC(CCc2noc3c(CO[Si](C)(C)C(C)(C)C)c(Cn4ccccc4=O)ccc23)CC1. The van der Waals surface area contributed by atoms with Crippen LogP contribution in [0.2, 0.25) is 18.1 Å². The van der Waals surface area contributed by atoms with Gasteiger partial charge in [0.1, 0.15) is 5.60 Å². The van der Waals surface area contributed by atoms with Gasteiger partial charge in [0.2, 0.25) is 0 Å². The van der Waals surface area contributed by atoms with Crippen molar-refractivity contribution >= 4 is 25.4 Å². The number of piperidine rings is 1. The lowest BCUT2D eigenvalue weighted by Gasteiger charge is -2.36. The van der Waals surface area contributed by atoms with E-state index >= 15 is 0 Å². The summed E-state index contributed by atoms with van der Waals surface area (Å²) in [5.74, 6) is 0.519. The highest BCUT2D eigenvalue weighted by atomic mass is 28.4. The molecule has 1 aromatic carbocycles. The van der Waals surface area contributed by atoms with Crippen LogP contribution in [0.15, 0.2) is 45.8 Å². The van der Waals surface area contributed by atoms with Gasteiger partial charge >= 0.3 is 6.09 Å². The van der Waals surface area contributed by atoms with Crippen molar-refractivity contribution in [3.8, 4) is 0 Å². The van der Waals surface area contributed by atoms with Gasteiger partial charge in [-0.3, -0.25) is 4.79 Å². The molecule has 0 atom stereocenters. The largest absolute Gasteiger partial charge is 0.444 e. The maximum atomic E-state index is 12.5. The number of rotatable bonds is 8. The first-order chi connectivity index (χ1) is 19.1. The van der Waals surface area contributed by atoms with Gasteiger partial charge in [-0.1, -0.05) is 38.1 Å². The van der Waals surface area contributed by atoms with Crippen molar-refractivity contribution in [3.05, 3.63) is 63.7 Å². The number of aryl methyl sites for hydroxylation is 1. The lowest BCUT2D eigenvalue weighted by Crippen LogP contribution is -2.41. The molecule has 41 heavy (non-hydrogen) atoms. The van der Waals surface area contributed by atoms with Crippen LogP contribution in [0.1, 0.15) is 77.6 Å². The molecule has 1 fully saturated rings. The zero-order valence-electron chi connectivity index (χ0n) is 26.1. The summed E-state index contributed by atoms with van der Waals surface area (Å²) in [6, 6.07) is 9.37. The number of amides is 1. The van der Waals surface area contributed by atoms with Gasteiger partial charge in [0.25, 0.3) is 5.56 Å². The number of aromatic nitrogens is 2. The third kappa shape index (κ3) is 7.68. The molecule has 1 aliphatic heterocycles. The molecule has 224 valence electrons. The van der Waals surface area contributed by atoms with Crippen LogP contribution in [0.5, 0.6) is 0 Å². The Morgan fingerprint density at radius 1 is 1.07 bits per heavy atom. The highest BCUT2D eigenvalue weighted by Crippen LogP contribution is 2.38. The first kappa shape index (κ1) is 31.0. The molecule has 9 heteroatoms. The number of nitrogens with zero attached hydrogens (tertiary/aromatic N) is 3. The maximum Gasteiger partial charge on any atom is 0.410 e. The van der Waals surface area contributed by atoms with E-state index in [1.807, 2.05) is 37.9 Å². The van der Waals surface area contributed by atoms with Crippen LogP contribution < -0.4 is 5.56 Å². The summed E-state index contributed by atoms with van der Waals surface area (Å²) in [5, 5.41) is 5.59. The fourth-order valence-electron chi connectivity index (χ4n) is 4.95. The summed E-state index contributed by atoms with van der Waals surface area (Å²) >= 11 is 0. The van der Waals surface area contributed by atoms with E-state index in [-0.39, 0.29) is 16.7 Å². The molecular weight excluding hydrogens is 534 g/mol. The Labute approximate surface area is 245 Å². The van der Waals surface area contributed by atoms with Crippen molar-refractivity contribution in [1.82, 2.24) is 14.6 Å². The molecule has 2 aromatic heterocycles. The number of carbonyl (C=O) groups is 1. The average Bonchev–Trinajstić information content (AvgIpc) is 3.30. The molecular formula is C32H47N3O5Si. The number of hydrogen-bond acceptors (Lipinski definition) is 6. The van der Waals surface area contributed by atoms with Crippen molar-refractivity contribution in [3.63, 3.8) is 0 Å². The number of pyridine rings is 1. The van der Waals surface area contributed by atoms with Crippen LogP contribution in [0.4, 0.5) is 4.79 Å². The van der Waals surface area contributed by atoms with Gasteiger partial charge in [0.05, 0.1) is 18.8 Å². The Bertz CT molecular complexity index is 1410. The Kier molecular flexibility index (Phi) is 9.18. The predicted molar refractivity (Wildman–Crippen MR) is 165 cm³/mol. The average molecular weight is 582 g/mol. The highest BCUT2D eigenvalue weighted by molar-refractivity contribution is 6.74. The van der Waals surface area contributed by atoms with Crippen LogP contribution >= 0.6 is 0 Å². The van der Waals surface area contributed by atoms with Crippen molar-refractivity contribution in [1.29, 1.82) is 0 Å². The molecule has 3 heterocycles. The second-order valence-electron chi connectivity index (χ2n) is 13.9. The quantitative estimate of drug-likeness (QED) is 0.263. The van der Waals surface area contributed by atoms with E-state index < -0.39 is 13.9 Å². The molecule has 1 aliphatic rings. The predicted octanol–water partition coefficient (Wildman–Crippen LogP) is 7.14. The van der Waals surface area contributed by atoms with Gasteiger partial charge < -0.3 is 23.2 Å². The maximum absolute atomic E-state index is 12.5. The highest BCUT2D eigenvalue weighted by Gasteiger charge is 2.37. The molecule has 0 unspecified atom stereocenters. The molecule has 0 aliphatic carbocycles. The van der Waals surface area contributed by atoms with Crippen LogP contribution in [0, 0.1) is 5.92 Å². The Balaban J connectivity index is 1.51. The fourth-order valence-corrected chi connectivity index (χ4v) is 5.89. The van der Waals surface area contributed by atoms with Gasteiger partial charge in [0, 0.05) is 36.3 Å². The molecule has 4 rings (SSSR count). The second kappa shape index (κ2) is 12.1. The molecule has 1 amide bonds. The van der Waals surface area contributed by atoms with Crippen molar-refractivity contribution in [2.24, 2.45) is 5.92 Å². The number of carbonyl (C=O) groups excluding carboxylic acids is 1. The molecule has 1 saturated heterocycles. The summed E-state index contributed by atoms with van der Waals surface area (Å²) in [5.41, 5.74) is 3.15. The molecule has 3 aromatic rings. The second-order valence-corrected chi connectivity index (χ2v) is 18.7. The Morgan fingerprint density at radius 3 is 2.41 bits per heavy atom. The van der Waals surface area contributed by atoms with E-state index in [2.05, 4.69) is 51.2 Å². The third-order valence-corrected chi connectivity index (χ3v) is 13.1. The van der Waals surface area contributed by atoms with Crippen LogP contribution in [0.25, 0.3) is 11.0 Å². The van der Waals surface area contributed by atoms with Crippen LogP contribution in [0.3, 0.4) is 0 Å². The van der Waals surface area contributed by atoms with Gasteiger partial charge in [-0.05, 0) is 88.2 Å². The van der Waals surface area contributed by atoms with E-state index in [0.29, 0.717) is 19.1 Å². The monoisotopic (exact) mass is 581 g/mol. The number of ether oxygens (including phenoxy) is 1. The third-order valence-electron chi connectivity index (χ3n) is 8.59. The zero-order chi connectivity index (χ0) is 30.0. The van der Waals surface area contributed by atoms with Crippen molar-refractivity contribution in [2.75, 3.05) is 13.1 Å². The van der Waals surface area contributed by atoms with Gasteiger partial charge in [-0.15, -0.1) is 0 Å². The van der Waals surface area contributed by atoms with Gasteiger partial charge in [0.15, 0.2) is 13.9 Å². The first-order valence-corrected chi connectivity index (χ1v) is 17.7. The normalized spacial score (nSPS) is 15.5. The molecule has 8 nitrogen and oxygen atoms in total. The smallest absolute Gasteiger partial charge is 0.410 e. The fraction of sp³-hybridized carbons (Fsp3) is 0.594. The molecule has 0 saturated carbocycles. The van der Waals surface area contributed by atoms with E-state index in [9.17, 15) is 9.59 Å². The minimum Gasteiger partial charge on any atom is -0.444 e. The standard InChI is InChI=1S/C32H47N3O5Si/c1-31(2,3)39-30(37)34-19-16-23(17-20-34)12-15-27-25-14-13-24(21-35-18-10-9-11-28(35)36)26(29(25)40-33-27)22-38-41(7,8)32(4,5)6/h9-11,13-14,18,23H,12,15-17,19-22H2,1-8H3. The zero-order valence-corrected chi connectivity index (χ0v) is 27.1. The number of fused-ring (bicyclic) bond motifs is 1. The molecule has 0 radical (unpaired) electrons. The lowest BCUT2D eigenvalue weighted by atomic mass is 9.91. The van der Waals surface area contributed by atoms with E-state index in [4.69, 9.17) is 13.7 Å². The van der Waals surface area contributed by atoms with Crippen LogP contribution in [-0.2, 0) is 28.7 Å². The van der Waals surface area contributed by atoms with Crippen molar-refractivity contribution < 1.29 is 18.5 Å². The van der Waals surface area contributed by atoms with E-state index in [1.54, 1.807) is 16.7 Å². The van der Waals surface area contributed by atoms with E-state index in [0.717, 1.165) is 66.6 Å². The summed E-state index contributed by atoms with van der Waals surface area (Å²) in [7, 11) is -2.03. The number of hydrogen-bond donors (Lipinski definition) is 0. The molecule has 0 spiro atoms. The summed E-state index contributed by atoms with van der Waals surface area (Å²) in [4.78, 5) is 26.7. The minimum atomic E-state index is -2.03. The van der Waals surface area contributed by atoms with E-state index in [1.165, 1.54) is 0 Å². The lowest BCUT2D eigenvalue weighted by molar-refractivity contribution is 0.0181. The van der Waals surface area contributed by atoms with Gasteiger partial charge in [-0.25, -0.2) is 4.79 Å². The topological polar surface area (TPSA) is 86.8 Å². The Hall–Kier alpha value is -2.91. The summed E-state index contributed by atoms with van der Waals surface area (Å²) < 4.78 is 19.9. The molecule has 0 N–H and O–H groups in total. The minimum absolute atomic E-state index is 0.0418. The Morgan fingerprint density at radius 2 is 1.78 bits per heavy atom. The molecule has 0 bridgehead atoms. The summed E-state index contributed by atoms with van der Waals surface area (Å²) in [6.07, 6.45) is 5.29. The number of benzene rings is 1. The van der Waals surface area contributed by atoms with Crippen LogP contribution in [-0.4, -0.2) is 47.7 Å². The van der Waals surface area contributed by atoms with Gasteiger partial charge in [-0.2, -0.15) is 0 Å². The number of likely N-dealkylation sites (tertiary alicyclic amines) is 1. The first-order valence-electron chi connectivity index (χ1n) is 14.8. The van der Waals surface area contributed by atoms with Crippen molar-refractivity contribution in [2.45, 2.75) is 104 Å².